The van der Waals surface area contributed by atoms with Crippen LogP contribution in [0.25, 0.3) is 0 Å². The van der Waals surface area contributed by atoms with Crippen LogP contribution in [0.1, 0.15) is 29.0 Å². The summed E-state index contributed by atoms with van der Waals surface area (Å²) in [5, 5.41) is 2.74. The molecule has 2 aliphatic heterocycles. The first-order valence-corrected chi connectivity index (χ1v) is 8.72. The summed E-state index contributed by atoms with van der Waals surface area (Å²) in [6.45, 7) is 0.775. The molecule has 0 bridgehead atoms. The van der Waals surface area contributed by atoms with Crippen LogP contribution < -0.4 is 10.1 Å². The molecule has 1 aromatic carbocycles. The molecule has 2 fully saturated rings. The smallest absolute Gasteiger partial charge is 0.327 e. The molecule has 4 rings (SSSR count). The minimum Gasteiger partial charge on any atom is -0.495 e. The Morgan fingerprint density at radius 1 is 1.33 bits per heavy atom. The van der Waals surface area contributed by atoms with Crippen LogP contribution in [-0.4, -0.2) is 47.3 Å². The number of imide groups is 1. The van der Waals surface area contributed by atoms with E-state index in [-0.39, 0.29) is 30.3 Å². The average molecular weight is 369 g/mol. The fraction of sp³-hybridized carbons (Fsp3) is 0.316. The van der Waals surface area contributed by atoms with Crippen molar-refractivity contribution in [3.8, 4) is 5.75 Å². The Hall–Kier alpha value is -3.29. The predicted molar refractivity (Wildman–Crippen MR) is 95.3 cm³/mol. The highest BCUT2D eigenvalue weighted by Crippen LogP contribution is 2.31. The van der Waals surface area contributed by atoms with E-state index in [1.807, 2.05) is 0 Å². The van der Waals surface area contributed by atoms with Gasteiger partial charge in [-0.2, -0.15) is 0 Å². The number of fused-ring (bicyclic) bond motifs is 1. The number of hydrogen-bond acceptors (Lipinski definition) is 5. The molecule has 1 N–H and O–H groups in total. The first-order chi connectivity index (χ1) is 13.1. The predicted octanol–water partition coefficient (Wildman–Crippen LogP) is 2.47. The zero-order valence-electron chi connectivity index (χ0n) is 14.8. The van der Waals surface area contributed by atoms with Gasteiger partial charge in [0, 0.05) is 6.54 Å². The van der Waals surface area contributed by atoms with Crippen LogP contribution in [0, 0.1) is 0 Å². The normalized spacial score (nSPS) is 18.8. The number of ether oxygens (including phenoxy) is 1. The second kappa shape index (κ2) is 6.79. The van der Waals surface area contributed by atoms with E-state index in [1.165, 1.54) is 18.3 Å². The van der Waals surface area contributed by atoms with Gasteiger partial charge in [-0.1, -0.05) is 6.07 Å². The van der Waals surface area contributed by atoms with E-state index in [9.17, 15) is 14.4 Å². The van der Waals surface area contributed by atoms with Gasteiger partial charge in [0.15, 0.2) is 5.76 Å². The number of benzene rings is 1. The van der Waals surface area contributed by atoms with Crippen LogP contribution in [0.4, 0.5) is 10.5 Å². The molecule has 140 valence electrons. The molecule has 4 amide bonds. The molecule has 1 unspecified atom stereocenters. The number of nitrogens with zero attached hydrogens (tertiary/aromatic N) is 2. The minimum atomic E-state index is -0.413. The van der Waals surface area contributed by atoms with Gasteiger partial charge in [-0.05, 0) is 42.7 Å². The number of nitrogens with one attached hydrogen (secondary N) is 1. The van der Waals surface area contributed by atoms with Gasteiger partial charge in [0.25, 0.3) is 11.8 Å². The highest BCUT2D eigenvalue weighted by molar-refractivity contribution is 6.05. The average Bonchev–Trinajstić information content (AvgIpc) is 3.40. The standard InChI is InChI=1S/C19H19N3O5/c1-26-15-7-6-12(10-13(15)20-17(23)16-5-3-9-27-16)11-22-18(24)14-4-2-8-21(14)19(22)25/h3,5-7,9-10,14H,2,4,8,11H2,1H3,(H,20,23). The van der Waals surface area contributed by atoms with E-state index >= 15 is 0 Å². The van der Waals surface area contributed by atoms with Crippen molar-refractivity contribution in [2.75, 3.05) is 19.0 Å². The van der Waals surface area contributed by atoms with Crippen LogP contribution in [-0.2, 0) is 11.3 Å². The number of urea groups is 1. The Labute approximate surface area is 155 Å². The molecule has 8 heteroatoms. The molecule has 2 saturated heterocycles. The molecule has 0 aliphatic carbocycles. The Morgan fingerprint density at radius 2 is 2.19 bits per heavy atom. The quantitative estimate of drug-likeness (QED) is 0.818. The topological polar surface area (TPSA) is 92.1 Å². The van der Waals surface area contributed by atoms with Crippen LogP contribution in [0.2, 0.25) is 0 Å². The summed E-state index contributed by atoms with van der Waals surface area (Å²) in [5.41, 5.74) is 1.16. The van der Waals surface area contributed by atoms with Crippen molar-refractivity contribution in [3.05, 3.63) is 47.9 Å². The van der Waals surface area contributed by atoms with Crippen molar-refractivity contribution < 1.29 is 23.5 Å². The number of carbonyl (C=O) groups is 3. The fourth-order valence-electron chi connectivity index (χ4n) is 3.55. The van der Waals surface area contributed by atoms with Gasteiger partial charge in [-0.3, -0.25) is 14.5 Å². The lowest BCUT2D eigenvalue weighted by Crippen LogP contribution is -2.32. The zero-order valence-corrected chi connectivity index (χ0v) is 14.8. The summed E-state index contributed by atoms with van der Waals surface area (Å²) in [4.78, 5) is 40.1. The van der Waals surface area contributed by atoms with Crippen LogP contribution in [0.5, 0.6) is 5.75 Å². The number of rotatable bonds is 5. The SMILES string of the molecule is COc1ccc(CN2C(=O)C3CCCN3C2=O)cc1NC(=O)c1ccco1. The molecule has 1 atom stereocenters. The number of carbonyl (C=O) groups excluding carboxylic acids is 3. The highest BCUT2D eigenvalue weighted by Gasteiger charge is 2.47. The van der Waals surface area contributed by atoms with E-state index < -0.39 is 5.91 Å². The zero-order chi connectivity index (χ0) is 19.0. The van der Waals surface area contributed by atoms with E-state index in [2.05, 4.69) is 5.32 Å². The Bertz CT molecular complexity index is 871. The van der Waals surface area contributed by atoms with E-state index in [0.29, 0.717) is 30.0 Å². The lowest BCUT2D eigenvalue weighted by atomic mass is 10.1. The highest BCUT2D eigenvalue weighted by atomic mass is 16.5. The minimum absolute atomic E-state index is 0.151. The maximum atomic E-state index is 12.5. The molecule has 27 heavy (non-hydrogen) atoms. The Balaban J connectivity index is 1.54. The van der Waals surface area contributed by atoms with E-state index in [1.54, 1.807) is 35.2 Å². The summed E-state index contributed by atoms with van der Waals surface area (Å²) in [7, 11) is 1.50. The number of anilines is 1. The van der Waals surface area contributed by atoms with Gasteiger partial charge in [-0.25, -0.2) is 4.79 Å². The van der Waals surface area contributed by atoms with Gasteiger partial charge in [0.1, 0.15) is 11.8 Å². The number of furan rings is 1. The molecule has 1 aromatic heterocycles. The summed E-state index contributed by atoms with van der Waals surface area (Å²) >= 11 is 0. The summed E-state index contributed by atoms with van der Waals surface area (Å²) in [5.74, 6) is 0.0743. The van der Waals surface area contributed by atoms with Gasteiger partial charge < -0.3 is 19.4 Å². The number of methoxy groups -OCH3 is 1. The third kappa shape index (κ3) is 3.03. The van der Waals surface area contributed by atoms with Crippen molar-refractivity contribution in [3.63, 3.8) is 0 Å². The molecule has 0 radical (unpaired) electrons. The first-order valence-electron chi connectivity index (χ1n) is 8.72. The summed E-state index contributed by atoms with van der Waals surface area (Å²) in [6, 6.07) is 7.77. The van der Waals surface area contributed by atoms with Crippen LogP contribution in [0.3, 0.4) is 0 Å². The van der Waals surface area contributed by atoms with Gasteiger partial charge in [0.05, 0.1) is 25.6 Å². The molecular formula is C19H19N3O5. The van der Waals surface area contributed by atoms with Crippen LogP contribution in [0.15, 0.2) is 41.0 Å². The third-order valence-electron chi connectivity index (χ3n) is 4.88. The first kappa shape index (κ1) is 17.1. The number of hydrogen-bond donors (Lipinski definition) is 1. The van der Waals surface area contributed by atoms with Crippen molar-refractivity contribution >= 4 is 23.5 Å². The Morgan fingerprint density at radius 3 is 2.89 bits per heavy atom. The molecule has 8 nitrogen and oxygen atoms in total. The largest absolute Gasteiger partial charge is 0.495 e. The third-order valence-corrected chi connectivity index (χ3v) is 4.88. The van der Waals surface area contributed by atoms with Gasteiger partial charge >= 0.3 is 6.03 Å². The molecule has 0 spiro atoms. The maximum absolute atomic E-state index is 12.5. The van der Waals surface area contributed by atoms with Gasteiger partial charge in [0.2, 0.25) is 0 Å². The van der Waals surface area contributed by atoms with Crippen molar-refractivity contribution in [1.82, 2.24) is 9.80 Å². The van der Waals surface area contributed by atoms with E-state index in [0.717, 1.165) is 6.42 Å². The molecule has 0 saturated carbocycles. The summed E-state index contributed by atoms with van der Waals surface area (Å²) < 4.78 is 10.4. The summed E-state index contributed by atoms with van der Waals surface area (Å²) in [6.07, 6.45) is 3.00. The number of amides is 4. The van der Waals surface area contributed by atoms with Crippen molar-refractivity contribution in [1.29, 1.82) is 0 Å². The second-order valence-electron chi connectivity index (χ2n) is 6.52. The lowest BCUT2D eigenvalue weighted by molar-refractivity contribution is -0.128. The van der Waals surface area contributed by atoms with Crippen molar-refractivity contribution in [2.24, 2.45) is 0 Å². The molecular weight excluding hydrogens is 350 g/mol. The van der Waals surface area contributed by atoms with E-state index in [4.69, 9.17) is 9.15 Å². The molecule has 2 aromatic rings. The van der Waals surface area contributed by atoms with Gasteiger partial charge in [-0.15, -0.1) is 0 Å². The van der Waals surface area contributed by atoms with Crippen LogP contribution >= 0.6 is 0 Å². The maximum Gasteiger partial charge on any atom is 0.327 e. The molecule has 3 heterocycles. The lowest BCUT2D eigenvalue weighted by Gasteiger charge is -2.17. The van der Waals surface area contributed by atoms with Crippen molar-refractivity contribution in [2.45, 2.75) is 25.4 Å². The second-order valence-corrected chi connectivity index (χ2v) is 6.52. The monoisotopic (exact) mass is 369 g/mol. The fourth-order valence-corrected chi connectivity index (χ4v) is 3.55. The molecule has 2 aliphatic rings. The Kier molecular flexibility index (Phi) is 4.31.